The van der Waals surface area contributed by atoms with Crippen LogP contribution in [0.2, 0.25) is 0 Å². The Kier molecular flexibility index (Phi) is 4.31. The van der Waals surface area contributed by atoms with Gasteiger partial charge in [0, 0.05) is 5.88 Å². The molecule has 3 atom stereocenters. The highest BCUT2D eigenvalue weighted by Gasteiger charge is 2.22. The van der Waals surface area contributed by atoms with Crippen LogP contribution in [-0.4, -0.2) is 5.88 Å². The first-order valence-electron chi connectivity index (χ1n) is 5.29. The molecule has 0 nitrogen and oxygen atoms in total. The molecule has 0 saturated heterocycles. The number of halogens is 1. The van der Waals surface area contributed by atoms with Crippen LogP contribution in [-0.2, 0) is 0 Å². The van der Waals surface area contributed by atoms with E-state index in [-0.39, 0.29) is 0 Å². The molecule has 3 unspecified atom stereocenters. The third-order valence-corrected chi connectivity index (χ3v) is 3.63. The second-order valence-corrected chi connectivity index (χ2v) is 4.50. The molecule has 0 aromatic rings. The lowest BCUT2D eigenvalue weighted by molar-refractivity contribution is 0.430. The first kappa shape index (κ1) is 11.1. The van der Waals surface area contributed by atoms with E-state index in [0.29, 0.717) is 11.8 Å². The number of alkyl halides is 1. The molecule has 0 bridgehead atoms. The van der Waals surface area contributed by atoms with Gasteiger partial charge in [-0.2, -0.15) is 0 Å². The first-order chi connectivity index (χ1) is 6.19. The minimum Gasteiger partial charge on any atom is -0.126 e. The quantitative estimate of drug-likeness (QED) is 0.602. The van der Waals surface area contributed by atoms with E-state index < -0.39 is 0 Å². The third-order valence-electron chi connectivity index (χ3n) is 3.23. The average molecular weight is 200 g/mol. The predicted octanol–water partition coefficient (Wildman–Crippen LogP) is 4.06. The summed E-state index contributed by atoms with van der Waals surface area (Å²) in [5.41, 5.74) is 1.54. The van der Waals surface area contributed by atoms with Crippen LogP contribution in [0, 0.1) is 24.2 Å². The molecule has 0 spiro atoms. The highest BCUT2D eigenvalue weighted by atomic mass is 35.5. The Bertz CT molecular complexity index is 184. The van der Waals surface area contributed by atoms with Gasteiger partial charge in [-0.3, -0.25) is 0 Å². The highest BCUT2D eigenvalue weighted by Crippen LogP contribution is 2.32. The molecule has 0 N–H and O–H groups in total. The fraction of sp³-hybridized carbons (Fsp3) is 0.750. The number of rotatable bonds is 3. The Balaban J connectivity index is 2.60. The van der Waals surface area contributed by atoms with Gasteiger partial charge in [-0.1, -0.05) is 32.4 Å². The molecule has 1 aliphatic rings. The van der Waals surface area contributed by atoms with Gasteiger partial charge >= 0.3 is 0 Å². The van der Waals surface area contributed by atoms with Crippen molar-refractivity contribution in [1.29, 1.82) is 0 Å². The van der Waals surface area contributed by atoms with Crippen LogP contribution in [0.3, 0.4) is 0 Å². The van der Waals surface area contributed by atoms with Crippen molar-refractivity contribution >= 4 is 11.6 Å². The summed E-state index contributed by atoms with van der Waals surface area (Å²) in [5, 5.41) is 0. The zero-order valence-corrected chi connectivity index (χ0v) is 9.64. The average Bonchev–Trinajstić information content (AvgIpc) is 2.16. The van der Waals surface area contributed by atoms with Crippen molar-refractivity contribution in [2.75, 3.05) is 5.88 Å². The van der Waals surface area contributed by atoms with E-state index in [0.717, 1.165) is 11.8 Å². The second-order valence-electron chi connectivity index (χ2n) is 4.19. The Morgan fingerprint density at radius 3 is 2.77 bits per heavy atom. The minimum absolute atomic E-state index is 0.659. The van der Waals surface area contributed by atoms with Gasteiger partial charge in [0.15, 0.2) is 0 Å². The minimum atomic E-state index is 0.659. The molecule has 1 rings (SSSR count). The zero-order valence-electron chi connectivity index (χ0n) is 8.89. The fourth-order valence-corrected chi connectivity index (χ4v) is 2.22. The van der Waals surface area contributed by atoms with E-state index in [1.165, 1.54) is 18.4 Å². The van der Waals surface area contributed by atoms with Crippen LogP contribution in [0.5, 0.6) is 0 Å². The molecule has 0 aliphatic heterocycles. The molecule has 1 radical (unpaired) electrons. The summed E-state index contributed by atoms with van der Waals surface area (Å²) in [7, 11) is 0. The summed E-state index contributed by atoms with van der Waals surface area (Å²) in [6.45, 7) is 6.83. The first-order valence-corrected chi connectivity index (χ1v) is 5.83. The SMILES string of the molecule is CCC(C)C1=CC(C)C(CCl)C[CH]1. The van der Waals surface area contributed by atoms with Crippen molar-refractivity contribution in [2.24, 2.45) is 17.8 Å². The molecule has 1 aliphatic carbocycles. The Morgan fingerprint density at radius 2 is 2.31 bits per heavy atom. The zero-order chi connectivity index (χ0) is 9.84. The maximum Gasteiger partial charge on any atom is 0.0257 e. The normalized spacial score (nSPS) is 31.2. The molecule has 0 amide bonds. The highest BCUT2D eigenvalue weighted by molar-refractivity contribution is 6.18. The van der Waals surface area contributed by atoms with Crippen LogP contribution < -0.4 is 0 Å². The number of hydrogen-bond acceptors (Lipinski definition) is 0. The molecule has 0 aromatic carbocycles. The molecule has 1 heteroatoms. The van der Waals surface area contributed by atoms with Gasteiger partial charge in [-0.05, 0) is 37.0 Å². The van der Waals surface area contributed by atoms with E-state index >= 15 is 0 Å². The van der Waals surface area contributed by atoms with Gasteiger partial charge in [-0.15, -0.1) is 11.6 Å². The van der Waals surface area contributed by atoms with Crippen LogP contribution in [0.25, 0.3) is 0 Å². The van der Waals surface area contributed by atoms with E-state index in [1.807, 2.05) is 0 Å². The lowest BCUT2D eigenvalue weighted by Crippen LogP contribution is -2.19. The van der Waals surface area contributed by atoms with Gasteiger partial charge in [0.05, 0.1) is 0 Å². The summed E-state index contributed by atoms with van der Waals surface area (Å²) >= 11 is 5.89. The summed E-state index contributed by atoms with van der Waals surface area (Å²) in [4.78, 5) is 0. The Morgan fingerprint density at radius 1 is 1.62 bits per heavy atom. The van der Waals surface area contributed by atoms with Crippen molar-refractivity contribution in [3.63, 3.8) is 0 Å². The van der Waals surface area contributed by atoms with Gasteiger partial charge < -0.3 is 0 Å². The van der Waals surface area contributed by atoms with Crippen molar-refractivity contribution in [2.45, 2.75) is 33.6 Å². The van der Waals surface area contributed by atoms with E-state index in [2.05, 4.69) is 33.3 Å². The van der Waals surface area contributed by atoms with Crippen molar-refractivity contribution in [3.05, 3.63) is 18.1 Å². The molecule has 13 heavy (non-hydrogen) atoms. The van der Waals surface area contributed by atoms with Crippen molar-refractivity contribution in [1.82, 2.24) is 0 Å². The largest absolute Gasteiger partial charge is 0.126 e. The van der Waals surface area contributed by atoms with Gasteiger partial charge in [0.1, 0.15) is 0 Å². The second kappa shape index (κ2) is 5.05. The summed E-state index contributed by atoms with van der Waals surface area (Å²) in [5.74, 6) is 2.83. The molecule has 0 aromatic heterocycles. The Labute approximate surface area is 87.4 Å². The maximum atomic E-state index is 5.89. The topological polar surface area (TPSA) is 0 Å². The Hall–Kier alpha value is 0.0300. The predicted molar refractivity (Wildman–Crippen MR) is 59.8 cm³/mol. The van der Waals surface area contributed by atoms with Gasteiger partial charge in [-0.25, -0.2) is 0 Å². The van der Waals surface area contributed by atoms with Crippen LogP contribution in [0.15, 0.2) is 11.6 Å². The molecule has 0 saturated carbocycles. The smallest absolute Gasteiger partial charge is 0.0257 e. The third kappa shape index (κ3) is 2.74. The maximum absolute atomic E-state index is 5.89. The fourth-order valence-electron chi connectivity index (χ4n) is 1.81. The standard InChI is InChI=1S/C12H20Cl/c1-4-9(2)11-5-6-12(8-13)10(3)7-11/h5,7,9-10,12H,4,6,8H2,1-3H3. The monoisotopic (exact) mass is 199 g/mol. The van der Waals surface area contributed by atoms with Crippen LogP contribution in [0.4, 0.5) is 0 Å². The van der Waals surface area contributed by atoms with Crippen molar-refractivity contribution < 1.29 is 0 Å². The van der Waals surface area contributed by atoms with E-state index in [1.54, 1.807) is 0 Å². The summed E-state index contributed by atoms with van der Waals surface area (Å²) in [6, 6.07) is 0. The van der Waals surface area contributed by atoms with E-state index in [4.69, 9.17) is 11.6 Å². The summed E-state index contributed by atoms with van der Waals surface area (Å²) in [6.07, 6.45) is 7.19. The molecule has 75 valence electrons. The lowest BCUT2D eigenvalue weighted by atomic mass is 9.79. The van der Waals surface area contributed by atoms with E-state index in [9.17, 15) is 0 Å². The van der Waals surface area contributed by atoms with Crippen LogP contribution >= 0.6 is 11.6 Å². The molecule has 0 fully saturated rings. The van der Waals surface area contributed by atoms with Crippen molar-refractivity contribution in [3.8, 4) is 0 Å². The number of allylic oxidation sites excluding steroid dienone is 2. The summed E-state index contributed by atoms with van der Waals surface area (Å²) < 4.78 is 0. The molecular weight excluding hydrogens is 180 g/mol. The van der Waals surface area contributed by atoms with Gasteiger partial charge in [0.2, 0.25) is 0 Å². The van der Waals surface area contributed by atoms with Crippen LogP contribution in [0.1, 0.15) is 33.6 Å². The number of hydrogen-bond donors (Lipinski definition) is 0. The molecular formula is C12H20Cl. The lowest BCUT2D eigenvalue weighted by Gasteiger charge is -2.28. The molecule has 0 heterocycles. The van der Waals surface area contributed by atoms with Gasteiger partial charge in [0.25, 0.3) is 0 Å².